The van der Waals surface area contributed by atoms with Crippen LogP contribution in [0.3, 0.4) is 0 Å². The van der Waals surface area contributed by atoms with Crippen LogP contribution in [0, 0.1) is 11.7 Å². The molecule has 12 atom stereocenters. The number of hydrogen-bond donors (Lipinski definition) is 8. The molecule has 5 aromatic rings. The van der Waals surface area contributed by atoms with E-state index in [1.54, 1.807) is 24.3 Å². The molecule has 3 aromatic carbocycles. The Kier molecular flexibility index (Phi) is 13.0. The number of aliphatic hydroxyl groups excluding tert-OH is 6. The van der Waals surface area contributed by atoms with Crippen molar-refractivity contribution >= 4 is 29.9 Å². The van der Waals surface area contributed by atoms with Crippen LogP contribution < -0.4 is 14.8 Å². The maximum absolute atomic E-state index is 13.9. The van der Waals surface area contributed by atoms with Crippen molar-refractivity contribution in [3.05, 3.63) is 119 Å². The first kappa shape index (κ1) is 45.7. The number of rotatable bonds is 13. The number of carbonyl (C=O) groups excluding carboxylic acids is 3. The summed E-state index contributed by atoms with van der Waals surface area (Å²) in [7, 11) is 0. The SMILES string of the molecule is O=COc1cc(C(=O)NCc2nnn(C3C(O)[C@@H](CO)OC(S[C@@H]4OC(CO)[C@H](O)[C@H](n5cc(-c6cccc(F)c6)nn5)C4O)[C@@H]3O)n2)ccc1C1c2ccc(O)cc2OC2=CC(=O)C=CC21. The normalized spacial score (nSPS) is 29.0. The molecule has 1 aliphatic carbocycles. The number of halogens is 1. The highest BCUT2D eigenvalue weighted by atomic mass is 32.2. The number of aliphatic hydroxyl groups is 6. The molecule has 0 saturated carbocycles. The molecule has 9 rings (SSSR count). The minimum atomic E-state index is -1.67. The molecule has 7 unspecified atom stereocenters. The number of nitrogens with one attached hydrogen (secondary N) is 1. The Balaban J connectivity index is 0.899. The van der Waals surface area contributed by atoms with Crippen LogP contribution in [0.15, 0.2) is 90.8 Å². The zero-order chi connectivity index (χ0) is 47.1. The molecule has 22 nitrogen and oxygen atoms in total. The summed E-state index contributed by atoms with van der Waals surface area (Å²) in [6.07, 6.45) is -3.18. The number of phenolic OH excluding ortho intramolecular Hbond substituents is 1. The summed E-state index contributed by atoms with van der Waals surface area (Å²) in [5, 5.41) is 99.0. The molecule has 67 heavy (non-hydrogen) atoms. The van der Waals surface area contributed by atoms with Gasteiger partial charge >= 0.3 is 0 Å². The van der Waals surface area contributed by atoms with E-state index in [2.05, 4.69) is 31.0 Å². The fourth-order valence-corrected chi connectivity index (χ4v) is 9.90. The Morgan fingerprint density at radius 2 is 1.63 bits per heavy atom. The summed E-state index contributed by atoms with van der Waals surface area (Å²) in [5.74, 6) is -1.99. The Bertz CT molecular complexity index is 2740. The molecule has 8 N–H and O–H groups in total. The van der Waals surface area contributed by atoms with E-state index in [4.69, 9.17) is 18.9 Å². The van der Waals surface area contributed by atoms with Gasteiger partial charge in [-0.2, -0.15) is 4.80 Å². The quantitative estimate of drug-likeness (QED) is 0.0709. The summed E-state index contributed by atoms with van der Waals surface area (Å²) in [5.41, 5.74) is -0.911. The molecule has 2 aromatic heterocycles. The van der Waals surface area contributed by atoms with Gasteiger partial charge in [-0.3, -0.25) is 14.4 Å². The van der Waals surface area contributed by atoms with Gasteiger partial charge in [0.05, 0.1) is 26.0 Å². The molecule has 5 heterocycles. The number of nitrogens with zero attached hydrogens (tertiary/aromatic N) is 7. The zero-order valence-electron chi connectivity index (χ0n) is 34.6. The molecule has 2 saturated heterocycles. The number of fused-ring (bicyclic) bond motifs is 2. The van der Waals surface area contributed by atoms with Crippen molar-refractivity contribution in [2.24, 2.45) is 5.92 Å². The van der Waals surface area contributed by atoms with Gasteiger partial charge in [0.15, 0.2) is 11.6 Å². The summed E-state index contributed by atoms with van der Waals surface area (Å²) >= 11 is 0.724. The number of benzene rings is 3. The molecule has 0 bridgehead atoms. The molecule has 1 amide bonds. The fraction of sp³-hybridized carbons (Fsp3) is 0.349. The number of aromatic nitrogens is 7. The first-order chi connectivity index (χ1) is 32.3. The van der Waals surface area contributed by atoms with Crippen molar-refractivity contribution in [2.75, 3.05) is 13.2 Å². The summed E-state index contributed by atoms with van der Waals surface area (Å²) < 4.78 is 38.1. The average Bonchev–Trinajstić information content (AvgIpc) is 4.00. The van der Waals surface area contributed by atoms with Crippen molar-refractivity contribution < 1.29 is 73.5 Å². The lowest BCUT2D eigenvalue weighted by molar-refractivity contribution is -0.190. The second-order valence-electron chi connectivity index (χ2n) is 15.9. The van der Waals surface area contributed by atoms with Crippen LogP contribution in [0.5, 0.6) is 17.2 Å². The number of ketones is 1. The number of allylic oxidation sites excluding steroid dienone is 3. The fourth-order valence-electron chi connectivity index (χ4n) is 8.58. The third-order valence-electron chi connectivity index (χ3n) is 11.8. The van der Waals surface area contributed by atoms with Gasteiger partial charge in [0.25, 0.3) is 12.4 Å². The Morgan fingerprint density at radius 1 is 0.896 bits per heavy atom. The number of thioether (sulfide) groups is 1. The topological polar surface area (TPSA) is 316 Å². The number of ether oxygens (including phenoxy) is 4. The zero-order valence-corrected chi connectivity index (χ0v) is 35.4. The second kappa shape index (κ2) is 19.0. The smallest absolute Gasteiger partial charge is 0.298 e. The van der Waals surface area contributed by atoms with Crippen molar-refractivity contribution in [3.63, 3.8) is 0 Å². The van der Waals surface area contributed by atoms with Gasteiger partial charge < -0.3 is 60.0 Å². The number of amides is 1. The molecular weight excluding hydrogens is 904 g/mol. The number of aromatic hydroxyl groups is 1. The van der Waals surface area contributed by atoms with Crippen molar-refractivity contribution in [1.29, 1.82) is 0 Å². The molecular formula is C43H41FN8O14S. The Labute approximate surface area is 381 Å². The van der Waals surface area contributed by atoms with Crippen LogP contribution in [0.2, 0.25) is 0 Å². The predicted octanol–water partition coefficient (Wildman–Crippen LogP) is -0.202. The number of phenols is 1. The second-order valence-corrected chi connectivity index (χ2v) is 17.1. The van der Waals surface area contributed by atoms with E-state index in [-0.39, 0.29) is 47.4 Å². The van der Waals surface area contributed by atoms with Gasteiger partial charge in [-0.25, -0.2) is 9.07 Å². The monoisotopic (exact) mass is 944 g/mol. The van der Waals surface area contributed by atoms with E-state index in [0.29, 0.717) is 28.2 Å². The lowest BCUT2D eigenvalue weighted by atomic mass is 9.75. The van der Waals surface area contributed by atoms with Crippen LogP contribution in [0.1, 0.15) is 45.3 Å². The lowest BCUT2D eigenvalue weighted by Gasteiger charge is -2.45. The number of hydrogen-bond acceptors (Lipinski definition) is 20. The molecule has 3 aliphatic heterocycles. The summed E-state index contributed by atoms with van der Waals surface area (Å²) in [6, 6.07) is 11.9. The van der Waals surface area contributed by atoms with Crippen molar-refractivity contribution in [1.82, 2.24) is 40.5 Å². The maximum atomic E-state index is 13.9. The minimum Gasteiger partial charge on any atom is -0.508 e. The molecule has 0 spiro atoms. The number of tetrazole rings is 1. The maximum Gasteiger partial charge on any atom is 0.298 e. The van der Waals surface area contributed by atoms with E-state index in [9.17, 15) is 54.5 Å². The van der Waals surface area contributed by atoms with Gasteiger partial charge in [-0.1, -0.05) is 47.3 Å². The van der Waals surface area contributed by atoms with E-state index < -0.39 is 96.4 Å². The van der Waals surface area contributed by atoms with E-state index in [0.717, 1.165) is 21.2 Å². The van der Waals surface area contributed by atoms with Crippen molar-refractivity contribution in [3.8, 4) is 28.5 Å². The predicted molar refractivity (Wildman–Crippen MR) is 225 cm³/mol. The van der Waals surface area contributed by atoms with Crippen LogP contribution >= 0.6 is 11.8 Å². The van der Waals surface area contributed by atoms with Gasteiger partial charge in [-0.15, -0.1) is 15.3 Å². The average molecular weight is 945 g/mol. The minimum absolute atomic E-state index is 0.0359. The van der Waals surface area contributed by atoms with Gasteiger partial charge in [0.2, 0.25) is 0 Å². The largest absolute Gasteiger partial charge is 0.508 e. The van der Waals surface area contributed by atoms with Crippen LogP contribution in [-0.2, 0) is 25.6 Å². The highest BCUT2D eigenvalue weighted by Crippen LogP contribution is 2.50. The Morgan fingerprint density at radius 3 is 2.36 bits per heavy atom. The lowest BCUT2D eigenvalue weighted by Crippen LogP contribution is -2.58. The van der Waals surface area contributed by atoms with Crippen LogP contribution in [0.25, 0.3) is 11.3 Å². The van der Waals surface area contributed by atoms with E-state index in [1.165, 1.54) is 60.8 Å². The number of carbonyl (C=O) groups is 3. The molecule has 4 aliphatic rings. The van der Waals surface area contributed by atoms with Crippen molar-refractivity contribution in [2.45, 2.75) is 72.0 Å². The standard InChI is InChI=1S/C43H41FN8O14S/c44-21-3-1-2-19(10-21)27-15-51(49-46-27)35-37(58)31(16-53)65-42(39(35)60)67-43-40(61)36(38(59)32(17-54)66-43)52-48-33(47-50-52)14-45-41(62)20-4-7-24(28(11-20)63-18-55)34-25-8-5-22(56)12-29(25)64-30-13-23(57)6-9-26(30)34/h1-13,15,18,25,31-32,34-40,42-43,53-54,57-61H,14,16-17H2,(H,45,62)/t25?,31?,32-,34?,35+,36?,37+,38?,39?,40-,42+,43?/m1/s1. The van der Waals surface area contributed by atoms with Gasteiger partial charge in [0.1, 0.15) is 94.1 Å². The third-order valence-corrected chi connectivity index (χ3v) is 13.1. The summed E-state index contributed by atoms with van der Waals surface area (Å²) in [6.45, 7) is -1.53. The summed E-state index contributed by atoms with van der Waals surface area (Å²) in [4.78, 5) is 38.4. The third kappa shape index (κ3) is 8.93. The molecule has 2 fully saturated rings. The van der Waals surface area contributed by atoms with Crippen LogP contribution in [-0.4, -0.2) is 150 Å². The Hall–Kier alpha value is -6.48. The highest BCUT2D eigenvalue weighted by Gasteiger charge is 2.52. The van der Waals surface area contributed by atoms with Gasteiger partial charge in [0, 0.05) is 46.2 Å². The molecule has 24 heteroatoms. The highest BCUT2D eigenvalue weighted by molar-refractivity contribution is 8.00. The first-order valence-corrected chi connectivity index (χ1v) is 21.6. The first-order valence-electron chi connectivity index (χ1n) is 20.7. The molecule has 0 radical (unpaired) electrons. The molecule has 350 valence electrons. The van der Waals surface area contributed by atoms with Gasteiger partial charge in [-0.05, 0) is 41.6 Å². The van der Waals surface area contributed by atoms with E-state index in [1.807, 2.05) is 0 Å². The van der Waals surface area contributed by atoms with E-state index >= 15 is 0 Å². The van der Waals surface area contributed by atoms with Crippen LogP contribution in [0.4, 0.5) is 4.39 Å².